The summed E-state index contributed by atoms with van der Waals surface area (Å²) >= 11 is 0. The average Bonchev–Trinajstić information content (AvgIpc) is 2.35. The molecule has 20 heavy (non-hydrogen) atoms. The number of hydrogen-bond acceptors (Lipinski definition) is 5. The molecule has 0 bridgehead atoms. The van der Waals surface area contributed by atoms with E-state index in [4.69, 9.17) is 9.47 Å². The minimum absolute atomic E-state index is 0.105. The Morgan fingerprint density at radius 2 is 1.75 bits per heavy atom. The fourth-order valence-corrected chi connectivity index (χ4v) is 2.84. The van der Waals surface area contributed by atoms with E-state index in [9.17, 15) is 17.9 Å². The van der Waals surface area contributed by atoms with Gasteiger partial charge in [-0.1, -0.05) is 13.8 Å². The van der Waals surface area contributed by atoms with Gasteiger partial charge >= 0.3 is 0 Å². The number of hydrogen-bond donors (Lipinski definition) is 1. The molecule has 1 N–H and O–H groups in total. The van der Waals surface area contributed by atoms with Crippen LogP contribution in [0.4, 0.5) is 4.39 Å². The van der Waals surface area contributed by atoms with Crippen molar-refractivity contribution in [2.45, 2.75) is 24.2 Å². The summed E-state index contributed by atoms with van der Waals surface area (Å²) in [5, 5.41) is 9.41. The molecule has 0 fully saturated rings. The third-order valence-corrected chi connectivity index (χ3v) is 4.17. The van der Waals surface area contributed by atoms with Crippen molar-refractivity contribution in [3.8, 4) is 11.5 Å². The van der Waals surface area contributed by atoms with Crippen molar-refractivity contribution in [3.63, 3.8) is 0 Å². The highest BCUT2D eigenvalue weighted by Gasteiger charge is 2.32. The second kappa shape index (κ2) is 5.57. The minimum Gasteiger partial charge on any atom is -0.493 e. The summed E-state index contributed by atoms with van der Waals surface area (Å²) in [5.74, 6) is -1.01. The Balaban J connectivity index is 3.84. The van der Waals surface area contributed by atoms with Crippen LogP contribution in [0.25, 0.3) is 0 Å². The summed E-state index contributed by atoms with van der Waals surface area (Å²) in [6, 6.07) is 1.06. The van der Waals surface area contributed by atoms with Crippen LogP contribution < -0.4 is 9.47 Å². The molecule has 0 aromatic heterocycles. The van der Waals surface area contributed by atoms with Gasteiger partial charge in [0.05, 0.1) is 20.8 Å². The van der Waals surface area contributed by atoms with E-state index in [-0.39, 0.29) is 18.1 Å². The van der Waals surface area contributed by atoms with E-state index in [1.54, 1.807) is 13.8 Å². The summed E-state index contributed by atoms with van der Waals surface area (Å²) in [6.45, 7) is 3.11. The Bertz CT molecular complexity index is 608. The molecule has 5 nitrogen and oxygen atoms in total. The molecule has 0 aliphatic rings. The van der Waals surface area contributed by atoms with Gasteiger partial charge in [0.15, 0.2) is 21.3 Å². The Kier molecular flexibility index (Phi) is 4.66. The van der Waals surface area contributed by atoms with Gasteiger partial charge in [-0.25, -0.2) is 12.8 Å². The molecule has 114 valence electrons. The second-order valence-corrected chi connectivity index (χ2v) is 7.07. The molecule has 0 aliphatic heterocycles. The predicted octanol–water partition coefficient (Wildman–Crippen LogP) is 1.52. The van der Waals surface area contributed by atoms with E-state index < -0.39 is 26.0 Å². The van der Waals surface area contributed by atoms with E-state index in [1.165, 1.54) is 14.2 Å². The quantitative estimate of drug-likeness (QED) is 0.893. The average molecular weight is 306 g/mol. The molecule has 7 heteroatoms. The van der Waals surface area contributed by atoms with Crippen LogP contribution in [0.1, 0.15) is 19.4 Å². The van der Waals surface area contributed by atoms with Crippen LogP contribution in [0.2, 0.25) is 0 Å². The van der Waals surface area contributed by atoms with E-state index in [0.717, 1.165) is 12.3 Å². The van der Waals surface area contributed by atoms with Crippen LogP contribution in [0.3, 0.4) is 0 Å². The van der Waals surface area contributed by atoms with Crippen LogP contribution in [0, 0.1) is 5.82 Å². The summed E-state index contributed by atoms with van der Waals surface area (Å²) in [4.78, 5) is -0.547. The maximum absolute atomic E-state index is 14.2. The third-order valence-electron chi connectivity index (χ3n) is 3.05. The lowest BCUT2D eigenvalue weighted by molar-refractivity contribution is 0.212. The normalized spacial score (nSPS) is 12.3. The van der Waals surface area contributed by atoms with Gasteiger partial charge in [-0.2, -0.15) is 0 Å². The smallest absolute Gasteiger partial charge is 0.182 e. The lowest BCUT2D eigenvalue weighted by atomic mass is 9.84. The van der Waals surface area contributed by atoms with E-state index in [0.29, 0.717) is 5.56 Å². The molecule has 0 radical (unpaired) electrons. The Hall–Kier alpha value is -1.34. The predicted molar refractivity (Wildman–Crippen MR) is 72.7 cm³/mol. The van der Waals surface area contributed by atoms with Crippen LogP contribution in [-0.4, -0.2) is 40.6 Å². The van der Waals surface area contributed by atoms with E-state index >= 15 is 0 Å². The van der Waals surface area contributed by atoms with Crippen molar-refractivity contribution in [1.29, 1.82) is 0 Å². The molecule has 0 heterocycles. The molecule has 0 amide bonds. The minimum atomic E-state index is -3.82. The Morgan fingerprint density at radius 3 is 2.10 bits per heavy atom. The van der Waals surface area contributed by atoms with Gasteiger partial charge in [0, 0.05) is 17.2 Å². The first-order valence-electron chi connectivity index (χ1n) is 5.86. The van der Waals surface area contributed by atoms with Crippen molar-refractivity contribution in [2.75, 3.05) is 27.1 Å². The largest absolute Gasteiger partial charge is 0.493 e. The van der Waals surface area contributed by atoms with Crippen LogP contribution >= 0.6 is 0 Å². The highest BCUT2D eigenvalue weighted by Crippen LogP contribution is 2.43. The number of sulfone groups is 1. The summed E-state index contributed by atoms with van der Waals surface area (Å²) < 4.78 is 47.8. The molecule has 1 aromatic carbocycles. The lowest BCUT2D eigenvalue weighted by Crippen LogP contribution is -2.24. The highest BCUT2D eigenvalue weighted by atomic mass is 32.2. The zero-order valence-electron chi connectivity index (χ0n) is 12.2. The van der Waals surface area contributed by atoms with Crippen molar-refractivity contribution >= 4 is 9.84 Å². The van der Waals surface area contributed by atoms with Gasteiger partial charge in [-0.05, 0) is 6.07 Å². The number of rotatable bonds is 5. The van der Waals surface area contributed by atoms with Gasteiger partial charge in [-0.3, -0.25) is 0 Å². The molecule has 0 aliphatic carbocycles. The Morgan fingerprint density at radius 1 is 1.25 bits per heavy atom. The van der Waals surface area contributed by atoms with Gasteiger partial charge in [0.2, 0.25) is 0 Å². The fourth-order valence-electron chi connectivity index (χ4n) is 1.91. The Labute approximate surface area is 118 Å². The van der Waals surface area contributed by atoms with Gasteiger partial charge in [0.25, 0.3) is 0 Å². The standard InChI is InChI=1S/C13H19FO5S/c1-13(2,7-15)8-6-9(14)12(20(5,16)17)11(19-4)10(8)18-3/h6,15H,7H2,1-5H3. The fraction of sp³-hybridized carbons (Fsp3) is 0.538. The highest BCUT2D eigenvalue weighted by molar-refractivity contribution is 7.90. The topological polar surface area (TPSA) is 72.8 Å². The monoisotopic (exact) mass is 306 g/mol. The van der Waals surface area contributed by atoms with Crippen LogP contribution in [0.15, 0.2) is 11.0 Å². The third kappa shape index (κ3) is 2.88. The van der Waals surface area contributed by atoms with Crippen LogP contribution in [0.5, 0.6) is 11.5 Å². The second-order valence-electron chi connectivity index (χ2n) is 5.12. The van der Waals surface area contributed by atoms with Crippen molar-refractivity contribution in [2.24, 2.45) is 0 Å². The lowest BCUT2D eigenvalue weighted by Gasteiger charge is -2.26. The number of halogens is 1. The number of aliphatic hydroxyl groups excluding tert-OH is 1. The molecule has 1 aromatic rings. The summed E-state index contributed by atoms with van der Waals surface area (Å²) in [5.41, 5.74) is -0.473. The molecular formula is C13H19FO5S. The molecule has 0 unspecified atom stereocenters. The number of benzene rings is 1. The van der Waals surface area contributed by atoms with Gasteiger partial charge in [0.1, 0.15) is 10.7 Å². The maximum atomic E-state index is 14.2. The maximum Gasteiger partial charge on any atom is 0.182 e. The number of methoxy groups -OCH3 is 2. The molecule has 1 rings (SSSR count). The zero-order chi connectivity index (χ0) is 15.7. The van der Waals surface area contributed by atoms with Gasteiger partial charge < -0.3 is 14.6 Å². The van der Waals surface area contributed by atoms with Crippen LogP contribution in [-0.2, 0) is 15.3 Å². The molecule has 0 atom stereocenters. The first-order chi connectivity index (χ1) is 9.10. The molecular weight excluding hydrogens is 287 g/mol. The van der Waals surface area contributed by atoms with Gasteiger partial charge in [-0.15, -0.1) is 0 Å². The number of aliphatic hydroxyl groups is 1. The van der Waals surface area contributed by atoms with Crippen molar-refractivity contribution in [1.82, 2.24) is 0 Å². The van der Waals surface area contributed by atoms with E-state index in [1.807, 2.05) is 0 Å². The molecule has 0 spiro atoms. The summed E-state index contributed by atoms with van der Waals surface area (Å²) in [7, 11) is -1.25. The SMILES string of the molecule is COc1c(C(C)(C)CO)cc(F)c(S(C)(=O)=O)c1OC. The van der Waals surface area contributed by atoms with E-state index in [2.05, 4.69) is 0 Å². The summed E-state index contributed by atoms with van der Waals surface area (Å²) in [6.07, 6.45) is 0.893. The van der Waals surface area contributed by atoms with Crippen molar-refractivity contribution < 1.29 is 27.4 Å². The first-order valence-corrected chi connectivity index (χ1v) is 7.75. The number of ether oxygens (including phenoxy) is 2. The van der Waals surface area contributed by atoms with Crippen molar-refractivity contribution in [3.05, 3.63) is 17.4 Å². The first kappa shape index (κ1) is 16.7. The molecule has 0 saturated carbocycles. The molecule has 0 saturated heterocycles. The zero-order valence-corrected chi connectivity index (χ0v) is 13.0.